The van der Waals surface area contributed by atoms with Crippen LogP contribution in [0.15, 0.2) is 16.5 Å². The maximum atomic E-state index is 8.84. The smallest absolute Gasteiger partial charge is 0.117 e. The molecule has 1 aromatic heterocycles. The van der Waals surface area contributed by atoms with Gasteiger partial charge in [-0.25, -0.2) is 0 Å². The quantitative estimate of drug-likeness (QED) is 0.749. The number of furan rings is 1. The molecule has 3 nitrogen and oxygen atoms in total. The summed E-state index contributed by atoms with van der Waals surface area (Å²) >= 11 is 1.75. The molecule has 1 heterocycles. The fourth-order valence-electron chi connectivity index (χ4n) is 1.24. The number of hydrogen-bond donors (Lipinski definition) is 2. The first-order valence-electron chi connectivity index (χ1n) is 5.14. The summed E-state index contributed by atoms with van der Waals surface area (Å²) in [6.07, 6.45) is 2.06. The van der Waals surface area contributed by atoms with Crippen molar-refractivity contribution in [3.63, 3.8) is 0 Å². The van der Waals surface area contributed by atoms with E-state index in [1.165, 1.54) is 0 Å². The van der Waals surface area contributed by atoms with Gasteiger partial charge in [0.1, 0.15) is 11.5 Å². The Hall–Kier alpha value is -0.450. The Morgan fingerprint density at radius 1 is 1.47 bits per heavy atom. The van der Waals surface area contributed by atoms with Gasteiger partial charge in [0.2, 0.25) is 0 Å². The van der Waals surface area contributed by atoms with E-state index in [2.05, 4.69) is 11.6 Å². The maximum absolute atomic E-state index is 8.84. The van der Waals surface area contributed by atoms with Crippen molar-refractivity contribution in [2.45, 2.75) is 19.2 Å². The summed E-state index contributed by atoms with van der Waals surface area (Å²) in [5.41, 5.74) is 0. The van der Waals surface area contributed by atoms with Crippen molar-refractivity contribution >= 4 is 11.8 Å². The molecule has 0 radical (unpaired) electrons. The third kappa shape index (κ3) is 4.73. The lowest BCUT2D eigenvalue weighted by molar-refractivity contribution is 0.232. The molecule has 15 heavy (non-hydrogen) atoms. The minimum atomic E-state index is 0.225. The monoisotopic (exact) mass is 229 g/mol. The lowest BCUT2D eigenvalue weighted by Gasteiger charge is -2.07. The Bertz CT molecular complexity index is 275. The van der Waals surface area contributed by atoms with E-state index in [0.717, 1.165) is 30.4 Å². The number of hydrogen-bond acceptors (Lipinski definition) is 4. The van der Waals surface area contributed by atoms with Gasteiger partial charge in [0.05, 0.1) is 12.3 Å². The minimum absolute atomic E-state index is 0.225. The Kier molecular flexibility index (Phi) is 5.83. The maximum Gasteiger partial charge on any atom is 0.117 e. The molecule has 0 fully saturated rings. The highest BCUT2D eigenvalue weighted by Crippen LogP contribution is 2.13. The molecule has 0 aromatic carbocycles. The molecule has 0 spiro atoms. The number of aliphatic hydroxyl groups excluding tert-OH is 1. The summed E-state index contributed by atoms with van der Waals surface area (Å²) in [5.74, 6) is 3.21. The molecule has 0 saturated heterocycles. The zero-order valence-electron chi connectivity index (χ0n) is 9.32. The van der Waals surface area contributed by atoms with Gasteiger partial charge >= 0.3 is 0 Å². The lowest BCUT2D eigenvalue weighted by Crippen LogP contribution is -2.22. The fourth-order valence-corrected chi connectivity index (χ4v) is 1.68. The molecule has 86 valence electrons. The SMILES string of the molecule is CSCc1ccc(CNCC(C)CO)o1. The average Bonchev–Trinajstić information content (AvgIpc) is 2.66. The second-order valence-corrected chi connectivity index (χ2v) is 4.59. The van der Waals surface area contributed by atoms with E-state index in [4.69, 9.17) is 9.52 Å². The number of nitrogens with one attached hydrogen (secondary N) is 1. The molecule has 2 N–H and O–H groups in total. The molecule has 1 unspecified atom stereocenters. The summed E-state index contributed by atoms with van der Waals surface area (Å²) in [5, 5.41) is 12.1. The first kappa shape index (κ1) is 12.6. The van der Waals surface area contributed by atoms with Gasteiger partial charge in [0.25, 0.3) is 0 Å². The molecule has 1 rings (SSSR count). The normalized spacial score (nSPS) is 13.0. The van der Waals surface area contributed by atoms with Crippen molar-refractivity contribution in [2.24, 2.45) is 5.92 Å². The highest BCUT2D eigenvalue weighted by molar-refractivity contribution is 7.97. The van der Waals surface area contributed by atoms with E-state index in [-0.39, 0.29) is 6.61 Å². The van der Waals surface area contributed by atoms with E-state index in [9.17, 15) is 0 Å². The topological polar surface area (TPSA) is 45.4 Å². The predicted octanol–water partition coefficient (Wildman–Crippen LogP) is 1.86. The van der Waals surface area contributed by atoms with Crippen molar-refractivity contribution in [3.05, 3.63) is 23.7 Å². The molecule has 4 heteroatoms. The van der Waals surface area contributed by atoms with E-state index < -0.39 is 0 Å². The van der Waals surface area contributed by atoms with Crippen LogP contribution in [0.2, 0.25) is 0 Å². The molecule has 0 aliphatic carbocycles. The van der Waals surface area contributed by atoms with E-state index >= 15 is 0 Å². The van der Waals surface area contributed by atoms with Crippen LogP contribution in [-0.2, 0) is 12.3 Å². The summed E-state index contributed by atoms with van der Waals surface area (Å²) in [6.45, 7) is 3.78. The second-order valence-electron chi connectivity index (χ2n) is 3.72. The first-order chi connectivity index (χ1) is 7.26. The lowest BCUT2D eigenvalue weighted by atomic mass is 10.2. The molecule has 0 bridgehead atoms. The van der Waals surface area contributed by atoms with Crippen molar-refractivity contribution in [3.8, 4) is 0 Å². The van der Waals surface area contributed by atoms with Gasteiger partial charge in [-0.1, -0.05) is 6.92 Å². The van der Waals surface area contributed by atoms with Crippen molar-refractivity contribution in [2.75, 3.05) is 19.4 Å². The minimum Gasteiger partial charge on any atom is -0.464 e. The van der Waals surface area contributed by atoms with E-state index in [1.54, 1.807) is 11.8 Å². The number of thioether (sulfide) groups is 1. The van der Waals surface area contributed by atoms with Gasteiger partial charge in [-0.2, -0.15) is 11.8 Å². The molecule has 0 aliphatic heterocycles. The van der Waals surface area contributed by atoms with Crippen LogP contribution in [0.5, 0.6) is 0 Å². The van der Waals surface area contributed by atoms with Crippen LogP contribution in [0.25, 0.3) is 0 Å². The summed E-state index contributed by atoms with van der Waals surface area (Å²) in [7, 11) is 0. The van der Waals surface area contributed by atoms with Crippen LogP contribution in [-0.4, -0.2) is 24.5 Å². The van der Waals surface area contributed by atoms with Gasteiger partial charge in [-0.05, 0) is 24.3 Å². The zero-order valence-corrected chi connectivity index (χ0v) is 10.1. The fraction of sp³-hybridized carbons (Fsp3) is 0.636. The highest BCUT2D eigenvalue weighted by Gasteiger charge is 2.02. The van der Waals surface area contributed by atoms with Crippen LogP contribution in [0, 0.1) is 5.92 Å². The summed E-state index contributed by atoms with van der Waals surface area (Å²) in [6, 6.07) is 4.02. The molecule has 1 aromatic rings. The van der Waals surface area contributed by atoms with Crippen molar-refractivity contribution in [1.29, 1.82) is 0 Å². The molecule has 0 aliphatic rings. The third-order valence-electron chi connectivity index (χ3n) is 2.11. The van der Waals surface area contributed by atoms with Crippen molar-refractivity contribution in [1.82, 2.24) is 5.32 Å². The van der Waals surface area contributed by atoms with Gasteiger partial charge in [-0.15, -0.1) is 0 Å². The average molecular weight is 229 g/mol. The van der Waals surface area contributed by atoms with Crippen LogP contribution in [0.4, 0.5) is 0 Å². The molecule has 0 saturated carbocycles. The van der Waals surface area contributed by atoms with Crippen molar-refractivity contribution < 1.29 is 9.52 Å². The van der Waals surface area contributed by atoms with Gasteiger partial charge < -0.3 is 14.8 Å². The van der Waals surface area contributed by atoms with Gasteiger partial charge in [-0.3, -0.25) is 0 Å². The summed E-state index contributed by atoms with van der Waals surface area (Å²) < 4.78 is 5.59. The Balaban J connectivity index is 2.25. The van der Waals surface area contributed by atoms with Crippen LogP contribution in [0.3, 0.4) is 0 Å². The number of rotatable bonds is 7. The largest absolute Gasteiger partial charge is 0.464 e. The Morgan fingerprint density at radius 3 is 2.87 bits per heavy atom. The zero-order chi connectivity index (χ0) is 11.1. The summed E-state index contributed by atoms with van der Waals surface area (Å²) in [4.78, 5) is 0. The number of aliphatic hydroxyl groups is 1. The van der Waals surface area contributed by atoms with Gasteiger partial charge in [0, 0.05) is 13.2 Å². The van der Waals surface area contributed by atoms with E-state index in [1.807, 2.05) is 19.1 Å². The van der Waals surface area contributed by atoms with Crippen LogP contribution in [0.1, 0.15) is 18.4 Å². The van der Waals surface area contributed by atoms with Crippen LogP contribution < -0.4 is 5.32 Å². The predicted molar refractivity (Wildman–Crippen MR) is 63.9 cm³/mol. The standard InChI is InChI=1S/C11H19NO2S/c1-9(7-13)5-12-6-10-3-4-11(14-10)8-15-2/h3-4,9,12-13H,5-8H2,1-2H3. The van der Waals surface area contributed by atoms with Gasteiger partial charge in [0.15, 0.2) is 0 Å². The molecule has 0 amide bonds. The second kappa shape index (κ2) is 6.93. The first-order valence-corrected chi connectivity index (χ1v) is 6.53. The van der Waals surface area contributed by atoms with Crippen LogP contribution >= 0.6 is 11.8 Å². The molecule has 1 atom stereocenters. The highest BCUT2D eigenvalue weighted by atomic mass is 32.2. The molecular weight excluding hydrogens is 210 g/mol. The van der Waals surface area contributed by atoms with E-state index in [0.29, 0.717) is 5.92 Å². The Labute approximate surface area is 95.2 Å². The Morgan fingerprint density at radius 2 is 2.20 bits per heavy atom. The molecular formula is C11H19NO2S. The third-order valence-corrected chi connectivity index (χ3v) is 2.68.